The highest BCUT2D eigenvalue weighted by Crippen LogP contribution is 2.24. The van der Waals surface area contributed by atoms with E-state index in [1.165, 1.54) is 0 Å². The minimum atomic E-state index is 0.0966. The van der Waals surface area contributed by atoms with Crippen molar-refractivity contribution in [3.05, 3.63) is 0 Å². The van der Waals surface area contributed by atoms with E-state index >= 15 is 0 Å². The molecule has 0 spiro atoms. The molecule has 0 aromatic heterocycles. The molecule has 0 aromatic rings. The summed E-state index contributed by atoms with van der Waals surface area (Å²) in [5.41, 5.74) is 0.0966. The Hall–Kier alpha value is -0.610. The maximum Gasteiger partial charge on any atom is 0.223 e. The lowest BCUT2D eigenvalue weighted by Crippen LogP contribution is -2.40. The third-order valence-corrected chi connectivity index (χ3v) is 3.94. The molecule has 0 unspecified atom stereocenters. The predicted molar refractivity (Wildman–Crippen MR) is 76.0 cm³/mol. The first-order valence-corrected chi connectivity index (χ1v) is 7.52. The van der Waals surface area contributed by atoms with E-state index in [0.717, 1.165) is 52.4 Å². The first-order chi connectivity index (χ1) is 8.94. The van der Waals surface area contributed by atoms with Crippen LogP contribution in [0.5, 0.6) is 0 Å². The van der Waals surface area contributed by atoms with Crippen molar-refractivity contribution in [2.24, 2.45) is 11.3 Å². The average molecular weight is 268 g/mol. The van der Waals surface area contributed by atoms with Crippen molar-refractivity contribution in [1.29, 1.82) is 0 Å². The number of ether oxygens (including phenoxy) is 1. The summed E-state index contributed by atoms with van der Waals surface area (Å²) in [6, 6.07) is 0. The average Bonchev–Trinajstić information content (AvgIpc) is 2.77. The second-order valence-electron chi connectivity index (χ2n) is 7.14. The van der Waals surface area contributed by atoms with Gasteiger partial charge in [0.15, 0.2) is 0 Å². The molecule has 2 fully saturated rings. The van der Waals surface area contributed by atoms with Crippen molar-refractivity contribution < 1.29 is 9.53 Å². The highest BCUT2D eigenvalue weighted by atomic mass is 16.5. The van der Waals surface area contributed by atoms with Gasteiger partial charge in [0.1, 0.15) is 0 Å². The molecule has 0 aliphatic carbocycles. The monoisotopic (exact) mass is 268 g/mol. The van der Waals surface area contributed by atoms with E-state index in [1.807, 2.05) is 0 Å². The highest BCUT2D eigenvalue weighted by molar-refractivity contribution is 5.77. The maximum atomic E-state index is 12.2. The van der Waals surface area contributed by atoms with Crippen LogP contribution in [0.2, 0.25) is 0 Å². The number of nitrogens with zero attached hydrogens (tertiary/aromatic N) is 2. The molecule has 0 bridgehead atoms. The molecule has 4 heteroatoms. The second kappa shape index (κ2) is 6.23. The fourth-order valence-corrected chi connectivity index (χ4v) is 2.92. The third kappa shape index (κ3) is 4.77. The molecule has 110 valence electrons. The largest absolute Gasteiger partial charge is 0.379 e. The van der Waals surface area contributed by atoms with Crippen LogP contribution in [-0.4, -0.2) is 61.6 Å². The first kappa shape index (κ1) is 14.8. The Kier molecular flexibility index (Phi) is 4.85. The number of hydrogen-bond acceptors (Lipinski definition) is 3. The maximum absolute atomic E-state index is 12.2. The van der Waals surface area contributed by atoms with Gasteiger partial charge in [-0.25, -0.2) is 0 Å². The molecule has 19 heavy (non-hydrogen) atoms. The van der Waals surface area contributed by atoms with E-state index in [-0.39, 0.29) is 5.41 Å². The Morgan fingerprint density at radius 1 is 1.21 bits per heavy atom. The van der Waals surface area contributed by atoms with Gasteiger partial charge in [0, 0.05) is 39.1 Å². The zero-order valence-electron chi connectivity index (χ0n) is 12.7. The third-order valence-electron chi connectivity index (χ3n) is 3.94. The second-order valence-corrected chi connectivity index (χ2v) is 7.14. The minimum absolute atomic E-state index is 0.0966. The van der Waals surface area contributed by atoms with E-state index in [2.05, 4.69) is 30.6 Å². The van der Waals surface area contributed by atoms with Crippen LogP contribution in [0, 0.1) is 11.3 Å². The van der Waals surface area contributed by atoms with Gasteiger partial charge in [-0.3, -0.25) is 9.69 Å². The number of hydrogen-bond donors (Lipinski definition) is 0. The Morgan fingerprint density at radius 2 is 1.89 bits per heavy atom. The van der Waals surface area contributed by atoms with Crippen molar-refractivity contribution in [3.8, 4) is 0 Å². The van der Waals surface area contributed by atoms with Crippen LogP contribution in [0.1, 0.15) is 33.6 Å². The van der Waals surface area contributed by atoms with Crippen LogP contribution >= 0.6 is 0 Å². The summed E-state index contributed by atoms with van der Waals surface area (Å²) < 4.78 is 5.37. The number of carbonyl (C=O) groups is 1. The van der Waals surface area contributed by atoms with Gasteiger partial charge >= 0.3 is 0 Å². The fraction of sp³-hybridized carbons (Fsp3) is 0.933. The van der Waals surface area contributed by atoms with Crippen LogP contribution in [0.25, 0.3) is 0 Å². The Labute approximate surface area is 117 Å². The minimum Gasteiger partial charge on any atom is -0.379 e. The van der Waals surface area contributed by atoms with E-state index in [4.69, 9.17) is 4.74 Å². The summed E-state index contributed by atoms with van der Waals surface area (Å²) in [5.74, 6) is 0.985. The van der Waals surface area contributed by atoms with E-state index in [1.54, 1.807) is 0 Å². The van der Waals surface area contributed by atoms with Crippen LogP contribution in [0.15, 0.2) is 0 Å². The van der Waals surface area contributed by atoms with Crippen molar-refractivity contribution >= 4 is 5.91 Å². The molecular formula is C15H28N2O2. The summed E-state index contributed by atoms with van der Waals surface area (Å²) in [5, 5.41) is 0. The number of likely N-dealkylation sites (tertiary alicyclic amines) is 1. The van der Waals surface area contributed by atoms with Crippen LogP contribution in [0.3, 0.4) is 0 Å². The lowest BCUT2D eigenvalue weighted by Gasteiger charge is -2.29. The zero-order valence-corrected chi connectivity index (χ0v) is 12.7. The molecule has 2 rings (SSSR count). The van der Waals surface area contributed by atoms with Gasteiger partial charge in [0.2, 0.25) is 5.91 Å². The Balaban J connectivity index is 1.74. The molecule has 2 aliphatic rings. The molecule has 2 saturated heterocycles. The summed E-state index contributed by atoms with van der Waals surface area (Å²) in [6.07, 6.45) is 1.82. The molecule has 1 amide bonds. The number of carbonyl (C=O) groups excluding carboxylic acids is 1. The lowest BCUT2D eigenvalue weighted by molar-refractivity contribution is -0.132. The molecule has 2 heterocycles. The molecule has 0 saturated carbocycles. The number of morpholine rings is 1. The van der Waals surface area contributed by atoms with Crippen LogP contribution in [-0.2, 0) is 9.53 Å². The Bertz CT molecular complexity index is 306. The van der Waals surface area contributed by atoms with Gasteiger partial charge in [0.05, 0.1) is 13.2 Å². The van der Waals surface area contributed by atoms with Gasteiger partial charge in [-0.1, -0.05) is 20.8 Å². The van der Waals surface area contributed by atoms with E-state index in [0.29, 0.717) is 18.2 Å². The van der Waals surface area contributed by atoms with Crippen LogP contribution in [0.4, 0.5) is 0 Å². The molecule has 0 N–H and O–H groups in total. The zero-order chi connectivity index (χ0) is 13.9. The predicted octanol–water partition coefficient (Wildman–Crippen LogP) is 1.60. The molecule has 2 aliphatic heterocycles. The van der Waals surface area contributed by atoms with Crippen molar-refractivity contribution in [2.45, 2.75) is 33.6 Å². The first-order valence-electron chi connectivity index (χ1n) is 7.52. The van der Waals surface area contributed by atoms with Gasteiger partial charge in [-0.2, -0.15) is 0 Å². The number of amides is 1. The molecular weight excluding hydrogens is 240 g/mol. The number of rotatable bonds is 3. The summed E-state index contributed by atoms with van der Waals surface area (Å²) >= 11 is 0. The van der Waals surface area contributed by atoms with Crippen molar-refractivity contribution in [2.75, 3.05) is 45.9 Å². The van der Waals surface area contributed by atoms with Gasteiger partial charge in [-0.05, 0) is 17.8 Å². The SMILES string of the molecule is CC(C)(C)CC(=O)N1CC[C@@H](CN2CCOCC2)C1. The summed E-state index contributed by atoms with van der Waals surface area (Å²) in [6.45, 7) is 13.2. The van der Waals surface area contributed by atoms with E-state index in [9.17, 15) is 4.79 Å². The standard InChI is InChI=1S/C15H28N2O2/c1-15(2,3)10-14(18)17-5-4-13(12-17)11-16-6-8-19-9-7-16/h13H,4-12H2,1-3H3/t13-/m0/s1. The Morgan fingerprint density at radius 3 is 2.53 bits per heavy atom. The van der Waals surface area contributed by atoms with Gasteiger partial charge in [-0.15, -0.1) is 0 Å². The quantitative estimate of drug-likeness (QED) is 0.779. The molecule has 0 radical (unpaired) electrons. The highest BCUT2D eigenvalue weighted by Gasteiger charge is 2.29. The topological polar surface area (TPSA) is 32.8 Å². The summed E-state index contributed by atoms with van der Waals surface area (Å²) in [7, 11) is 0. The lowest BCUT2D eigenvalue weighted by atomic mass is 9.92. The molecule has 4 nitrogen and oxygen atoms in total. The van der Waals surface area contributed by atoms with E-state index < -0.39 is 0 Å². The van der Waals surface area contributed by atoms with Crippen molar-refractivity contribution in [1.82, 2.24) is 9.80 Å². The smallest absolute Gasteiger partial charge is 0.223 e. The summed E-state index contributed by atoms with van der Waals surface area (Å²) in [4.78, 5) is 16.7. The normalized spacial score (nSPS) is 25.8. The molecule has 1 atom stereocenters. The van der Waals surface area contributed by atoms with Gasteiger partial charge < -0.3 is 9.64 Å². The van der Waals surface area contributed by atoms with Crippen molar-refractivity contribution in [3.63, 3.8) is 0 Å². The van der Waals surface area contributed by atoms with Gasteiger partial charge in [0.25, 0.3) is 0 Å². The molecule has 0 aromatic carbocycles. The fourth-order valence-electron chi connectivity index (χ4n) is 2.92. The van der Waals surface area contributed by atoms with Crippen LogP contribution < -0.4 is 0 Å².